The molecule has 1 aliphatic rings. The zero-order chi connectivity index (χ0) is 10.8. The highest BCUT2D eigenvalue weighted by atomic mass is 79.9. The maximum absolute atomic E-state index is 13.1. The Morgan fingerprint density at radius 3 is 3.00 bits per heavy atom. The van der Waals surface area contributed by atoms with Crippen molar-refractivity contribution < 1.29 is 4.39 Å². The summed E-state index contributed by atoms with van der Waals surface area (Å²) in [4.78, 5) is 6.07. The first-order chi connectivity index (χ1) is 7.16. The van der Waals surface area contributed by atoms with Gasteiger partial charge in [0.15, 0.2) is 0 Å². The van der Waals surface area contributed by atoms with E-state index in [1.807, 2.05) is 4.90 Å². The quantitative estimate of drug-likeness (QED) is 0.786. The van der Waals surface area contributed by atoms with E-state index in [-0.39, 0.29) is 12.4 Å². The molecule has 0 N–H and O–H groups in total. The van der Waals surface area contributed by atoms with Crippen LogP contribution in [-0.4, -0.2) is 18.1 Å². The normalized spacial score (nSPS) is 16.5. The molecule has 0 fully saturated rings. The molecule has 2 rings (SSSR count). The molecule has 0 amide bonds. The van der Waals surface area contributed by atoms with Crippen LogP contribution in [0.3, 0.4) is 0 Å². The molecule has 0 unspecified atom stereocenters. The van der Waals surface area contributed by atoms with Gasteiger partial charge < -0.3 is 4.90 Å². The van der Waals surface area contributed by atoms with E-state index in [4.69, 9.17) is 11.6 Å². The largest absolute Gasteiger partial charge is 0.349 e. The first-order valence-corrected chi connectivity index (χ1v) is 5.74. The monoisotopic (exact) mass is 290 g/mol. The molecule has 1 aromatic heterocycles. The van der Waals surface area contributed by atoms with Crippen molar-refractivity contribution in [3.8, 4) is 0 Å². The fourth-order valence-corrected chi connectivity index (χ4v) is 2.41. The molecule has 1 aromatic rings. The predicted molar refractivity (Wildman–Crippen MR) is 63.0 cm³/mol. The molecule has 2 nitrogen and oxygen atoms in total. The summed E-state index contributed by atoms with van der Waals surface area (Å²) in [7, 11) is 0. The van der Waals surface area contributed by atoms with Crippen molar-refractivity contribution >= 4 is 33.3 Å². The van der Waals surface area contributed by atoms with Crippen molar-refractivity contribution in [3.63, 3.8) is 0 Å². The van der Waals surface area contributed by atoms with E-state index in [9.17, 15) is 4.39 Å². The van der Waals surface area contributed by atoms with Gasteiger partial charge in [0, 0.05) is 12.7 Å². The second-order valence-corrected chi connectivity index (χ2v) is 4.61. The van der Waals surface area contributed by atoms with Gasteiger partial charge in [-0.2, -0.15) is 0 Å². The van der Waals surface area contributed by atoms with Crippen LogP contribution in [0, 0.1) is 0 Å². The summed E-state index contributed by atoms with van der Waals surface area (Å²) in [5.41, 5.74) is 0. The van der Waals surface area contributed by atoms with Gasteiger partial charge in [-0.1, -0.05) is 11.6 Å². The van der Waals surface area contributed by atoms with Crippen molar-refractivity contribution in [2.75, 3.05) is 18.0 Å². The minimum Gasteiger partial charge on any atom is -0.349 e. The molecule has 0 aliphatic carbocycles. The minimum absolute atomic E-state index is 0.107. The number of hydrogen-bond donors (Lipinski definition) is 0. The highest BCUT2D eigenvalue weighted by Gasteiger charge is 2.16. The van der Waals surface area contributed by atoms with E-state index >= 15 is 0 Å². The number of halogens is 3. The van der Waals surface area contributed by atoms with Crippen molar-refractivity contribution in [2.45, 2.75) is 6.42 Å². The van der Waals surface area contributed by atoms with Crippen LogP contribution < -0.4 is 4.90 Å². The Labute approximate surface area is 101 Å². The minimum atomic E-state index is -0.107. The Balaban J connectivity index is 2.26. The molecule has 0 bridgehead atoms. The summed E-state index contributed by atoms with van der Waals surface area (Å²) in [6, 6.07) is 1.76. The van der Waals surface area contributed by atoms with E-state index in [0.717, 1.165) is 16.8 Å². The third kappa shape index (κ3) is 2.49. The number of rotatable bonds is 1. The number of aromatic nitrogens is 1. The molecule has 80 valence electrons. The van der Waals surface area contributed by atoms with Crippen LogP contribution >= 0.6 is 27.5 Å². The molecular formula is C10H9BrClFN2. The highest BCUT2D eigenvalue weighted by molar-refractivity contribution is 9.10. The lowest BCUT2D eigenvalue weighted by Crippen LogP contribution is -2.29. The maximum Gasteiger partial charge on any atom is 0.143 e. The van der Waals surface area contributed by atoms with Gasteiger partial charge in [-0.15, -0.1) is 0 Å². The average molecular weight is 292 g/mol. The lowest BCUT2D eigenvalue weighted by atomic mass is 10.2. The van der Waals surface area contributed by atoms with Gasteiger partial charge in [0.05, 0.1) is 16.0 Å². The first kappa shape index (κ1) is 10.9. The van der Waals surface area contributed by atoms with Gasteiger partial charge >= 0.3 is 0 Å². The second-order valence-electron chi connectivity index (χ2n) is 3.32. The topological polar surface area (TPSA) is 16.1 Å². The van der Waals surface area contributed by atoms with Crippen molar-refractivity contribution in [1.29, 1.82) is 0 Å². The number of pyridine rings is 1. The van der Waals surface area contributed by atoms with Crippen LogP contribution in [0.1, 0.15) is 6.42 Å². The van der Waals surface area contributed by atoms with Crippen LogP contribution in [0.15, 0.2) is 28.6 Å². The fraction of sp³-hybridized carbons (Fsp3) is 0.300. The Morgan fingerprint density at radius 1 is 1.53 bits per heavy atom. The smallest absolute Gasteiger partial charge is 0.143 e. The summed E-state index contributed by atoms with van der Waals surface area (Å²) in [6.07, 6.45) is 3.89. The van der Waals surface area contributed by atoms with Crippen LogP contribution in [0.4, 0.5) is 10.2 Å². The van der Waals surface area contributed by atoms with Gasteiger partial charge in [0.25, 0.3) is 0 Å². The molecule has 1 aliphatic heterocycles. The molecule has 2 heterocycles. The van der Waals surface area contributed by atoms with E-state index in [2.05, 4.69) is 20.9 Å². The van der Waals surface area contributed by atoms with Crippen LogP contribution in [-0.2, 0) is 0 Å². The van der Waals surface area contributed by atoms with E-state index in [0.29, 0.717) is 11.4 Å². The van der Waals surface area contributed by atoms with Crippen LogP contribution in [0.5, 0.6) is 0 Å². The van der Waals surface area contributed by atoms with E-state index < -0.39 is 0 Å². The van der Waals surface area contributed by atoms with Crippen molar-refractivity contribution in [2.24, 2.45) is 0 Å². The molecule has 0 aromatic carbocycles. The zero-order valence-electron chi connectivity index (χ0n) is 7.88. The summed E-state index contributed by atoms with van der Waals surface area (Å²) in [5.74, 6) is 0.632. The van der Waals surface area contributed by atoms with Gasteiger partial charge in [0.2, 0.25) is 0 Å². The van der Waals surface area contributed by atoms with Gasteiger partial charge in [-0.25, -0.2) is 9.37 Å². The Kier molecular flexibility index (Phi) is 3.26. The fourth-order valence-electron chi connectivity index (χ4n) is 1.52. The Bertz CT molecular complexity index is 408. The summed E-state index contributed by atoms with van der Waals surface area (Å²) in [6.45, 7) is 1.06. The summed E-state index contributed by atoms with van der Waals surface area (Å²) >= 11 is 9.16. The maximum atomic E-state index is 13.1. The highest BCUT2D eigenvalue weighted by Crippen LogP contribution is 2.28. The average Bonchev–Trinajstić information content (AvgIpc) is 2.17. The molecular weight excluding hydrogens is 282 g/mol. The third-order valence-electron chi connectivity index (χ3n) is 2.19. The van der Waals surface area contributed by atoms with Gasteiger partial charge in [-0.3, -0.25) is 0 Å². The van der Waals surface area contributed by atoms with Gasteiger partial charge in [0.1, 0.15) is 11.6 Å². The Morgan fingerprint density at radius 2 is 2.33 bits per heavy atom. The van der Waals surface area contributed by atoms with Crippen molar-refractivity contribution in [3.05, 3.63) is 33.7 Å². The first-order valence-electron chi connectivity index (χ1n) is 4.57. The molecule has 5 heteroatoms. The lowest BCUT2D eigenvalue weighted by molar-refractivity contribution is 0.572. The SMILES string of the molecule is FC1=CCCN(c2ncc(Cl)cc2Br)C1. The molecule has 0 radical (unpaired) electrons. The van der Waals surface area contributed by atoms with Crippen molar-refractivity contribution in [1.82, 2.24) is 4.98 Å². The standard InChI is InChI=1S/C10H9BrClFN2/c11-9-4-7(12)5-14-10(9)15-3-1-2-8(13)6-15/h2,4-5H,1,3,6H2. The molecule has 0 saturated carbocycles. The number of anilines is 1. The number of nitrogens with zero attached hydrogens (tertiary/aromatic N) is 2. The van der Waals surface area contributed by atoms with Crippen LogP contribution in [0.2, 0.25) is 5.02 Å². The van der Waals surface area contributed by atoms with Gasteiger partial charge in [-0.05, 0) is 34.5 Å². The lowest BCUT2D eigenvalue weighted by Gasteiger charge is -2.26. The molecule has 15 heavy (non-hydrogen) atoms. The predicted octanol–water partition coefficient (Wildman–Crippen LogP) is 3.56. The zero-order valence-corrected chi connectivity index (χ0v) is 10.2. The van der Waals surface area contributed by atoms with E-state index in [1.54, 1.807) is 18.3 Å². The Hall–Kier alpha value is -0.610. The molecule has 0 spiro atoms. The molecule has 0 saturated heterocycles. The molecule has 0 atom stereocenters. The summed E-state index contributed by atoms with van der Waals surface area (Å²) in [5, 5.41) is 0.568. The number of hydrogen-bond acceptors (Lipinski definition) is 2. The van der Waals surface area contributed by atoms with Crippen LogP contribution in [0.25, 0.3) is 0 Å². The third-order valence-corrected chi connectivity index (χ3v) is 2.98. The van der Waals surface area contributed by atoms with E-state index in [1.165, 1.54) is 0 Å². The summed E-state index contributed by atoms with van der Waals surface area (Å²) < 4.78 is 13.9. The second kappa shape index (κ2) is 4.49.